The van der Waals surface area contributed by atoms with E-state index < -0.39 is 36.6 Å². The third kappa shape index (κ3) is 3.47. The number of carbonyl (C=O) groups excluding carboxylic acids is 1. The standard InChI is InChI=1S/C20H22ClF2N5O5/c1-9-14(31)17(32-10(2)30)33-20(9,8-29)28-16-13(5-24-28)15(25-18(21)26-16)27-6-11-3-19(22,23)4-12(11)7-27/h5,11-12,14,17,29,31H,1,3-4,6-8H2,2H3/t11?,12?,14?,17-,20+/m1/s1. The average molecular weight is 486 g/mol. The average Bonchev–Trinajstić information content (AvgIpc) is 3.44. The zero-order valence-corrected chi connectivity index (χ0v) is 18.4. The molecule has 2 N–H and O–H groups in total. The number of nitrogens with zero attached hydrogens (tertiary/aromatic N) is 5. The Morgan fingerprint density at radius 2 is 2.03 bits per heavy atom. The summed E-state index contributed by atoms with van der Waals surface area (Å²) in [6.45, 7) is 5.06. The van der Waals surface area contributed by atoms with Crippen LogP contribution in [0.5, 0.6) is 0 Å². The highest BCUT2D eigenvalue weighted by Gasteiger charge is 2.54. The summed E-state index contributed by atoms with van der Waals surface area (Å²) in [5.74, 6) is -3.20. The molecule has 3 fully saturated rings. The van der Waals surface area contributed by atoms with Gasteiger partial charge in [0.15, 0.2) is 5.65 Å². The van der Waals surface area contributed by atoms with Crippen molar-refractivity contribution in [1.82, 2.24) is 19.7 Å². The molecule has 13 heteroatoms. The Labute approximate surface area is 191 Å². The number of carbonyl (C=O) groups is 1. The summed E-state index contributed by atoms with van der Waals surface area (Å²) in [7, 11) is 0. The minimum Gasteiger partial charge on any atom is -0.433 e. The van der Waals surface area contributed by atoms with E-state index in [1.54, 1.807) is 0 Å². The van der Waals surface area contributed by atoms with Gasteiger partial charge in [0.05, 0.1) is 18.2 Å². The van der Waals surface area contributed by atoms with Crippen LogP contribution in [0, 0.1) is 11.8 Å². The van der Waals surface area contributed by atoms with Gasteiger partial charge in [-0.05, 0) is 23.4 Å². The molecule has 2 saturated heterocycles. The monoisotopic (exact) mass is 485 g/mol. The number of rotatable bonds is 4. The first-order valence-corrected chi connectivity index (χ1v) is 10.8. The zero-order chi connectivity index (χ0) is 23.7. The molecule has 1 aliphatic carbocycles. The van der Waals surface area contributed by atoms with E-state index in [-0.39, 0.29) is 41.2 Å². The molecule has 1 saturated carbocycles. The highest BCUT2D eigenvalue weighted by molar-refractivity contribution is 6.28. The van der Waals surface area contributed by atoms with Gasteiger partial charge in [0.1, 0.15) is 11.9 Å². The first-order valence-electron chi connectivity index (χ1n) is 10.4. The molecule has 4 heterocycles. The fraction of sp³-hybridized carbons (Fsp3) is 0.600. The van der Waals surface area contributed by atoms with Gasteiger partial charge in [0.25, 0.3) is 0 Å². The lowest BCUT2D eigenvalue weighted by molar-refractivity contribution is -0.220. The van der Waals surface area contributed by atoms with Gasteiger partial charge < -0.3 is 24.6 Å². The predicted molar refractivity (Wildman–Crippen MR) is 111 cm³/mol. The fourth-order valence-corrected chi connectivity index (χ4v) is 5.33. The van der Waals surface area contributed by atoms with E-state index in [0.717, 1.165) is 6.92 Å². The molecule has 10 nitrogen and oxygen atoms in total. The van der Waals surface area contributed by atoms with Crippen LogP contribution in [0.3, 0.4) is 0 Å². The second-order valence-electron chi connectivity index (χ2n) is 8.81. The van der Waals surface area contributed by atoms with Crippen molar-refractivity contribution in [2.75, 3.05) is 24.6 Å². The third-order valence-electron chi connectivity index (χ3n) is 6.64. The fourth-order valence-electron chi connectivity index (χ4n) is 5.17. The van der Waals surface area contributed by atoms with Crippen LogP contribution in [0.1, 0.15) is 19.8 Å². The number of fused-ring (bicyclic) bond motifs is 2. The lowest BCUT2D eigenvalue weighted by atomic mass is 10.0. The smallest absolute Gasteiger partial charge is 0.305 e. The van der Waals surface area contributed by atoms with Crippen molar-refractivity contribution in [3.05, 3.63) is 23.6 Å². The van der Waals surface area contributed by atoms with Gasteiger partial charge in [0.2, 0.25) is 23.2 Å². The van der Waals surface area contributed by atoms with E-state index in [1.807, 2.05) is 4.90 Å². The molecule has 178 valence electrons. The highest BCUT2D eigenvalue weighted by atomic mass is 35.5. The summed E-state index contributed by atoms with van der Waals surface area (Å²) >= 11 is 6.20. The highest BCUT2D eigenvalue weighted by Crippen LogP contribution is 2.48. The first-order chi connectivity index (χ1) is 15.5. The molecule has 3 aliphatic rings. The molecule has 2 aliphatic heterocycles. The quantitative estimate of drug-likeness (QED) is 0.376. The molecule has 0 radical (unpaired) electrons. The van der Waals surface area contributed by atoms with E-state index in [0.29, 0.717) is 24.3 Å². The van der Waals surface area contributed by atoms with Crippen molar-refractivity contribution in [3.63, 3.8) is 0 Å². The van der Waals surface area contributed by atoms with Gasteiger partial charge in [-0.2, -0.15) is 15.1 Å². The Kier molecular flexibility index (Phi) is 5.12. The van der Waals surface area contributed by atoms with E-state index in [9.17, 15) is 23.8 Å². The van der Waals surface area contributed by atoms with Crippen molar-refractivity contribution in [2.45, 2.75) is 43.8 Å². The second kappa shape index (κ2) is 7.55. The minimum absolute atomic E-state index is 0.00970. The van der Waals surface area contributed by atoms with Crippen LogP contribution in [-0.4, -0.2) is 73.9 Å². The summed E-state index contributed by atoms with van der Waals surface area (Å²) in [4.78, 5) is 21.8. The van der Waals surface area contributed by atoms with Crippen LogP contribution < -0.4 is 4.90 Å². The Morgan fingerprint density at radius 1 is 1.36 bits per heavy atom. The van der Waals surface area contributed by atoms with Gasteiger partial charge in [0, 0.05) is 38.4 Å². The molecular formula is C20H22ClF2N5O5. The first kappa shape index (κ1) is 22.4. The molecular weight excluding hydrogens is 464 g/mol. The summed E-state index contributed by atoms with van der Waals surface area (Å²) in [5, 5.41) is 25.4. The van der Waals surface area contributed by atoms with Crippen molar-refractivity contribution in [1.29, 1.82) is 0 Å². The lowest BCUT2D eigenvalue weighted by Gasteiger charge is -2.28. The van der Waals surface area contributed by atoms with Crippen molar-refractivity contribution < 1.29 is 33.3 Å². The lowest BCUT2D eigenvalue weighted by Crippen LogP contribution is -2.40. The number of esters is 1. The van der Waals surface area contributed by atoms with E-state index in [4.69, 9.17) is 21.1 Å². The number of hydrogen-bond acceptors (Lipinski definition) is 9. The Bertz CT molecular complexity index is 1130. The summed E-state index contributed by atoms with van der Waals surface area (Å²) in [6, 6.07) is 0. The molecule has 5 atom stereocenters. The third-order valence-corrected chi connectivity index (χ3v) is 6.81. The normalized spacial score (nSPS) is 33.2. The second-order valence-corrected chi connectivity index (χ2v) is 9.15. The maximum absolute atomic E-state index is 13.8. The molecule has 0 aromatic carbocycles. The van der Waals surface area contributed by atoms with Gasteiger partial charge in [-0.1, -0.05) is 6.58 Å². The Balaban J connectivity index is 1.53. The van der Waals surface area contributed by atoms with Crippen LogP contribution in [0.25, 0.3) is 11.0 Å². The number of alkyl halides is 2. The molecule has 0 spiro atoms. The summed E-state index contributed by atoms with van der Waals surface area (Å²) in [6.07, 6.45) is -1.70. The molecule has 3 unspecified atom stereocenters. The number of hydrogen-bond donors (Lipinski definition) is 2. The van der Waals surface area contributed by atoms with E-state index in [2.05, 4.69) is 21.6 Å². The SMILES string of the molecule is C=C1C(O)[C@H](OC(C)=O)O[C@]1(CO)n1ncc2c(N3CC4CC(F)(F)CC4C3)nc(Cl)nc21. The van der Waals surface area contributed by atoms with Crippen LogP contribution in [0.2, 0.25) is 5.28 Å². The van der Waals surface area contributed by atoms with Gasteiger partial charge in [-0.3, -0.25) is 4.79 Å². The van der Waals surface area contributed by atoms with Crippen LogP contribution in [0.4, 0.5) is 14.6 Å². The topological polar surface area (TPSA) is 123 Å². The Hall–Kier alpha value is -2.41. The molecule has 33 heavy (non-hydrogen) atoms. The maximum Gasteiger partial charge on any atom is 0.305 e. The Morgan fingerprint density at radius 3 is 2.64 bits per heavy atom. The predicted octanol–water partition coefficient (Wildman–Crippen LogP) is 1.44. The molecule has 2 aromatic rings. The minimum atomic E-state index is -2.64. The van der Waals surface area contributed by atoms with Crippen molar-refractivity contribution in [2.24, 2.45) is 11.8 Å². The number of halogens is 3. The van der Waals surface area contributed by atoms with E-state index >= 15 is 0 Å². The number of ether oxygens (including phenoxy) is 2. The number of anilines is 1. The summed E-state index contributed by atoms with van der Waals surface area (Å²) in [5.41, 5.74) is -1.59. The number of aliphatic hydroxyl groups is 2. The number of aromatic nitrogens is 4. The zero-order valence-electron chi connectivity index (χ0n) is 17.6. The van der Waals surface area contributed by atoms with Gasteiger partial charge in [-0.15, -0.1) is 0 Å². The van der Waals surface area contributed by atoms with Crippen LogP contribution in [-0.2, 0) is 20.0 Å². The number of aliphatic hydroxyl groups excluding tert-OH is 2. The molecule has 5 rings (SSSR count). The summed E-state index contributed by atoms with van der Waals surface area (Å²) < 4.78 is 39.5. The van der Waals surface area contributed by atoms with Crippen molar-refractivity contribution in [3.8, 4) is 0 Å². The molecule has 0 bridgehead atoms. The van der Waals surface area contributed by atoms with E-state index in [1.165, 1.54) is 10.9 Å². The molecule has 0 amide bonds. The maximum atomic E-state index is 13.8. The van der Waals surface area contributed by atoms with Crippen LogP contribution >= 0.6 is 11.6 Å². The van der Waals surface area contributed by atoms with Gasteiger partial charge in [-0.25, -0.2) is 13.5 Å². The van der Waals surface area contributed by atoms with Crippen molar-refractivity contribution >= 4 is 34.4 Å². The largest absolute Gasteiger partial charge is 0.433 e. The van der Waals surface area contributed by atoms with Gasteiger partial charge >= 0.3 is 5.97 Å². The molecule has 2 aromatic heterocycles. The van der Waals surface area contributed by atoms with Crippen LogP contribution in [0.15, 0.2) is 18.3 Å².